The van der Waals surface area contributed by atoms with E-state index in [1.54, 1.807) is 0 Å². The van der Waals surface area contributed by atoms with E-state index in [1.807, 2.05) is 176 Å². The van der Waals surface area contributed by atoms with Crippen LogP contribution in [-0.4, -0.2) is 47.4 Å². The normalized spacial score (nSPS) is 12.2. The first kappa shape index (κ1) is 74.2. The summed E-state index contributed by atoms with van der Waals surface area (Å²) < 4.78 is 34.6. The summed E-state index contributed by atoms with van der Waals surface area (Å²) in [6, 6.07) is 135. The summed E-state index contributed by atoms with van der Waals surface area (Å²) in [5, 5.41) is 8.72. The molecule has 0 saturated carbocycles. The Morgan fingerprint density at radius 1 is 0.236 bits per heavy atom. The molecule has 123 heavy (non-hydrogen) atoms. The fraction of sp³-hybridized carbons (Fsp3) is 0.0275. The van der Waals surface area contributed by atoms with Crippen molar-refractivity contribution in [1.29, 1.82) is 0 Å². The van der Waals surface area contributed by atoms with Crippen LogP contribution < -0.4 is 15.9 Å². The van der Waals surface area contributed by atoms with Crippen LogP contribution in [0.3, 0.4) is 0 Å². The summed E-state index contributed by atoms with van der Waals surface area (Å²) in [6.07, 6.45) is 0. The molecule has 6 heterocycles. The highest BCUT2D eigenvalue weighted by atomic mass is 32.1. The smallest absolute Gasteiger partial charge is 0.171 e. The van der Waals surface area contributed by atoms with Gasteiger partial charge in [-0.05, 0) is 87.0 Å². The van der Waals surface area contributed by atoms with Gasteiger partial charge >= 0.3 is 0 Å². The van der Waals surface area contributed by atoms with Crippen molar-refractivity contribution in [1.82, 2.24) is 47.4 Å². The van der Waals surface area contributed by atoms with Gasteiger partial charge in [-0.3, -0.25) is 0 Å². The third-order valence-corrected chi connectivity index (χ3v) is 28.0. The van der Waals surface area contributed by atoms with Crippen LogP contribution >= 0.6 is 30.6 Å². The maximum absolute atomic E-state index is 15.1. The number of para-hydroxylation sites is 2. The Morgan fingerprint density at radius 2 is 0.561 bits per heavy atom. The topological polar surface area (TPSA) is 146 Å². The maximum atomic E-state index is 15.1. The number of benzene rings is 16. The quantitative estimate of drug-likeness (QED) is 0.0757. The lowest BCUT2D eigenvalue weighted by Gasteiger charge is -2.22. The second-order valence-corrected chi connectivity index (χ2v) is 35.3. The molecule has 14 heteroatoms. The largest absolute Gasteiger partial charge is 0.309 e. The van der Waals surface area contributed by atoms with Gasteiger partial charge in [0.25, 0.3) is 0 Å². The number of nitrogens with zero attached hydrogens (tertiary/aromatic N) is 10. The number of hydrogen-bond acceptors (Lipinski definition) is 13. The second kappa shape index (κ2) is 30.9. The predicted octanol–water partition coefficient (Wildman–Crippen LogP) is 26.6. The van der Waals surface area contributed by atoms with E-state index in [-0.39, 0.29) is 5.41 Å². The predicted molar refractivity (Wildman–Crippen MR) is 508 cm³/mol. The van der Waals surface area contributed by atoms with E-state index in [9.17, 15) is 0 Å². The zero-order chi connectivity index (χ0) is 82.1. The molecule has 1 aliphatic rings. The standard InChI is InChI=1S/C56H37N5S.C53H34N5OPS/c1-56(2)46-19-11-9-17-41(46)42-30-29-40(31-47(42)56)34-21-25-36(26-22-34)49-33-50(59-55(58-49)39-15-7-4-8-16-39)37-27-23-35(24-28-37)44-32-45-51(54-53(44)60-62-61-54)43-18-10-12-20-48(43)57-52(45)38-13-5-3-6-14-38;59-60(40-19-9-3-10-20-40,41-21-11-4-12-22-41)42-31-29-37(30-32-42)48-34-47(55-53(56-48)39-17-7-2-8-18-39)36-27-25-35(26-28-36)44-33-45-49(52-51(44)57-61-58-52)43-23-13-14-24-46(43)54-50(45)38-15-5-1-6-16-38/h3-33H,1-2H3;1-34H. The zero-order valence-electron chi connectivity index (χ0n) is 66.7. The van der Waals surface area contributed by atoms with Gasteiger partial charge in [0.2, 0.25) is 0 Å². The third-order valence-electron chi connectivity index (χ3n) is 23.9. The summed E-state index contributed by atoms with van der Waals surface area (Å²) >= 11 is 2.48. The molecule has 23 rings (SSSR count). The van der Waals surface area contributed by atoms with E-state index in [1.165, 1.54) is 56.8 Å². The second-order valence-electron chi connectivity index (χ2n) is 31.4. The molecule has 0 N–H and O–H groups in total. The van der Waals surface area contributed by atoms with Crippen LogP contribution in [0.1, 0.15) is 25.0 Å². The molecule has 0 radical (unpaired) electrons. The van der Waals surface area contributed by atoms with Gasteiger partial charge in [-0.25, -0.2) is 29.9 Å². The Balaban J connectivity index is 0.000000147. The van der Waals surface area contributed by atoms with Gasteiger partial charge in [-0.2, -0.15) is 17.5 Å². The van der Waals surface area contributed by atoms with Crippen LogP contribution in [0.15, 0.2) is 394 Å². The van der Waals surface area contributed by atoms with E-state index in [0.717, 1.165) is 182 Å². The molecule has 22 aromatic rings. The van der Waals surface area contributed by atoms with Gasteiger partial charge in [0, 0.05) is 109 Å². The fourth-order valence-corrected chi connectivity index (χ4v) is 21.4. The molecule has 0 saturated heterocycles. The van der Waals surface area contributed by atoms with Gasteiger partial charge in [-0.1, -0.05) is 366 Å². The molecule has 0 bridgehead atoms. The summed E-state index contributed by atoms with van der Waals surface area (Å²) in [6.45, 7) is 4.66. The maximum Gasteiger partial charge on any atom is 0.171 e. The molecule has 11 nitrogen and oxygen atoms in total. The number of aromatic nitrogens is 10. The minimum absolute atomic E-state index is 0.0519. The fourth-order valence-electron chi connectivity index (χ4n) is 17.6. The molecule has 580 valence electrons. The van der Waals surface area contributed by atoms with Gasteiger partial charge < -0.3 is 4.57 Å². The highest BCUT2D eigenvalue weighted by molar-refractivity contribution is 7.85. The average molecular weight is 1630 g/mol. The van der Waals surface area contributed by atoms with Gasteiger partial charge in [0.05, 0.1) is 68.7 Å². The number of hydrogen-bond donors (Lipinski definition) is 0. The van der Waals surface area contributed by atoms with Crippen molar-refractivity contribution in [3.05, 3.63) is 405 Å². The molecular weight excluding hydrogens is 1560 g/mol. The summed E-state index contributed by atoms with van der Waals surface area (Å²) in [5.74, 6) is 1.31. The molecule has 0 unspecified atom stereocenters. The first-order valence-corrected chi connectivity index (χ1v) is 44.1. The monoisotopic (exact) mass is 1630 g/mol. The van der Waals surface area contributed by atoms with Crippen LogP contribution in [0.25, 0.3) is 200 Å². The van der Waals surface area contributed by atoms with Crippen molar-refractivity contribution in [2.75, 3.05) is 0 Å². The van der Waals surface area contributed by atoms with E-state index >= 15 is 4.57 Å². The number of rotatable bonds is 14. The molecule has 0 aliphatic heterocycles. The van der Waals surface area contributed by atoms with E-state index in [4.69, 9.17) is 47.4 Å². The van der Waals surface area contributed by atoms with E-state index in [2.05, 4.69) is 232 Å². The van der Waals surface area contributed by atoms with Crippen molar-refractivity contribution in [3.8, 4) is 135 Å². The molecule has 0 fully saturated rings. The number of pyridine rings is 2. The van der Waals surface area contributed by atoms with Crippen LogP contribution in [-0.2, 0) is 9.98 Å². The first-order valence-electron chi connectivity index (χ1n) is 40.9. The molecule has 0 atom stereocenters. The molecule has 6 aromatic heterocycles. The minimum atomic E-state index is -3.13. The zero-order valence-corrected chi connectivity index (χ0v) is 69.2. The lowest BCUT2D eigenvalue weighted by Crippen LogP contribution is -2.24. The van der Waals surface area contributed by atoms with Gasteiger partial charge in [-0.15, -0.1) is 0 Å². The Kier molecular flexibility index (Phi) is 18.7. The van der Waals surface area contributed by atoms with Gasteiger partial charge in [0.15, 0.2) is 18.8 Å². The van der Waals surface area contributed by atoms with Crippen molar-refractivity contribution in [3.63, 3.8) is 0 Å². The highest BCUT2D eigenvalue weighted by Gasteiger charge is 2.36. The SMILES string of the molecule is CC1(C)c2ccccc2-c2ccc(-c3ccc(-c4cc(-c5ccc(-c6cc7c(-c8ccccc8)nc8ccccc8c7c7nsnc67)cc5)nc(-c5ccccc5)n4)cc3)cc21.O=P(c1ccccc1)(c1ccccc1)c1ccc(-c2cc(-c3ccc(-c4cc5c(-c6ccccc6)nc6ccccc6c5c5nsnc45)cc3)nc(-c3ccccc3)n2)cc1. The van der Waals surface area contributed by atoms with Crippen LogP contribution in [0.4, 0.5) is 0 Å². The van der Waals surface area contributed by atoms with E-state index in [0.29, 0.717) is 11.6 Å². The van der Waals surface area contributed by atoms with Crippen molar-refractivity contribution >= 4 is 112 Å². The van der Waals surface area contributed by atoms with Crippen LogP contribution in [0, 0.1) is 0 Å². The molecule has 0 spiro atoms. The first-order chi connectivity index (χ1) is 60.6. The lowest BCUT2D eigenvalue weighted by atomic mass is 9.81. The van der Waals surface area contributed by atoms with E-state index < -0.39 is 7.14 Å². The van der Waals surface area contributed by atoms with Crippen LogP contribution in [0.5, 0.6) is 0 Å². The Hall–Kier alpha value is -15.1. The number of fused-ring (bicyclic) bond motifs is 13. The third kappa shape index (κ3) is 13.3. The molecular formula is C109H71N10OPS2. The summed E-state index contributed by atoms with van der Waals surface area (Å²) in [7, 11) is -3.13. The Bertz CT molecular complexity index is 7840. The minimum Gasteiger partial charge on any atom is -0.309 e. The Labute approximate surface area is 718 Å². The van der Waals surface area contributed by atoms with Crippen molar-refractivity contribution in [2.24, 2.45) is 0 Å². The lowest BCUT2D eigenvalue weighted by molar-refractivity contribution is 0.592. The Morgan fingerprint density at radius 3 is 0.992 bits per heavy atom. The van der Waals surface area contributed by atoms with Gasteiger partial charge in [0.1, 0.15) is 22.1 Å². The molecule has 1 aliphatic carbocycles. The average Bonchev–Trinajstić information content (AvgIpc) is 1.72. The van der Waals surface area contributed by atoms with Crippen LogP contribution in [0.2, 0.25) is 0 Å². The molecule has 16 aromatic carbocycles. The van der Waals surface area contributed by atoms with Crippen molar-refractivity contribution in [2.45, 2.75) is 19.3 Å². The highest BCUT2D eigenvalue weighted by Crippen LogP contribution is 2.51. The van der Waals surface area contributed by atoms with Crippen molar-refractivity contribution < 1.29 is 4.57 Å². The molecule has 0 amide bonds. The summed E-state index contributed by atoms with van der Waals surface area (Å²) in [5.41, 5.74) is 30.2. The summed E-state index contributed by atoms with van der Waals surface area (Å²) in [4.78, 5) is 30.9.